The van der Waals surface area contributed by atoms with Gasteiger partial charge in [0.25, 0.3) is 0 Å². The molecule has 0 heterocycles. The van der Waals surface area contributed by atoms with E-state index in [2.05, 4.69) is 20.7 Å². The molecule has 0 radical (unpaired) electrons. The van der Waals surface area contributed by atoms with Crippen LogP contribution in [0.2, 0.25) is 0 Å². The van der Waals surface area contributed by atoms with E-state index in [-0.39, 0.29) is 5.97 Å². The maximum Gasteiger partial charge on any atom is 0.337 e. The lowest BCUT2D eigenvalue weighted by molar-refractivity contribution is 0.0600. The largest absolute Gasteiger partial charge is 0.496 e. The number of rotatable bonds is 6. The van der Waals surface area contributed by atoms with Gasteiger partial charge in [-0.15, -0.1) is 0 Å². The zero-order valence-electron chi connectivity index (χ0n) is 13.1. The number of methoxy groups -OCH3 is 3. The number of carbonyl (C=O) groups excluding carboxylic acids is 1. The molecule has 0 spiro atoms. The van der Waals surface area contributed by atoms with Crippen LogP contribution in [0.3, 0.4) is 0 Å². The molecule has 6 heteroatoms. The van der Waals surface area contributed by atoms with Crippen LogP contribution in [0.4, 0.5) is 0 Å². The molecule has 0 atom stereocenters. The maximum absolute atomic E-state index is 11.4. The Morgan fingerprint density at radius 1 is 1.00 bits per heavy atom. The van der Waals surface area contributed by atoms with Gasteiger partial charge in [-0.05, 0) is 52.3 Å². The van der Waals surface area contributed by atoms with Gasteiger partial charge in [-0.2, -0.15) is 0 Å². The second-order valence-corrected chi connectivity index (χ2v) is 5.46. The van der Waals surface area contributed by atoms with Gasteiger partial charge in [0.1, 0.15) is 23.9 Å². The molecule has 122 valence electrons. The fraction of sp³-hybridized carbons (Fsp3) is 0.235. The Morgan fingerprint density at radius 3 is 2.22 bits per heavy atom. The summed E-state index contributed by atoms with van der Waals surface area (Å²) >= 11 is 3.42. The summed E-state index contributed by atoms with van der Waals surface area (Å²) in [6.45, 7) is 0.310. The molecule has 0 N–H and O–H groups in total. The van der Waals surface area contributed by atoms with Gasteiger partial charge >= 0.3 is 5.97 Å². The predicted octanol–water partition coefficient (Wildman–Crippen LogP) is 3.83. The maximum atomic E-state index is 11.4. The van der Waals surface area contributed by atoms with Crippen molar-refractivity contribution >= 4 is 21.9 Å². The van der Waals surface area contributed by atoms with E-state index in [1.54, 1.807) is 38.5 Å². The molecular formula is C17H17BrO5. The Bertz CT molecular complexity index is 682. The number of halogens is 1. The average molecular weight is 381 g/mol. The molecule has 2 aromatic rings. The van der Waals surface area contributed by atoms with Crippen molar-refractivity contribution < 1.29 is 23.7 Å². The van der Waals surface area contributed by atoms with Gasteiger partial charge in [0, 0.05) is 5.56 Å². The Kier molecular flexibility index (Phi) is 5.87. The number of hydrogen-bond acceptors (Lipinski definition) is 5. The molecule has 0 aromatic heterocycles. The van der Waals surface area contributed by atoms with Gasteiger partial charge < -0.3 is 18.9 Å². The second-order valence-electron chi connectivity index (χ2n) is 4.60. The zero-order chi connectivity index (χ0) is 16.8. The average Bonchev–Trinajstić information content (AvgIpc) is 2.60. The lowest BCUT2D eigenvalue weighted by Gasteiger charge is -2.13. The number of benzene rings is 2. The molecule has 0 unspecified atom stereocenters. The number of ether oxygens (including phenoxy) is 4. The van der Waals surface area contributed by atoms with E-state index >= 15 is 0 Å². The summed E-state index contributed by atoms with van der Waals surface area (Å²) in [5.41, 5.74) is 1.33. The molecule has 0 aliphatic carbocycles. The van der Waals surface area contributed by atoms with Crippen LogP contribution in [0.5, 0.6) is 17.2 Å². The quantitative estimate of drug-likeness (QED) is 0.712. The molecule has 0 aliphatic rings. The van der Waals surface area contributed by atoms with Crippen molar-refractivity contribution in [3.8, 4) is 17.2 Å². The third-order valence-corrected chi connectivity index (χ3v) is 3.84. The lowest BCUT2D eigenvalue weighted by atomic mass is 10.2. The molecule has 0 bridgehead atoms. The summed E-state index contributed by atoms with van der Waals surface area (Å²) in [7, 11) is 4.55. The summed E-state index contributed by atoms with van der Waals surface area (Å²) < 4.78 is 21.8. The van der Waals surface area contributed by atoms with Crippen molar-refractivity contribution in [1.82, 2.24) is 0 Å². The molecular weight excluding hydrogens is 364 g/mol. The SMILES string of the molecule is COC(=O)c1ccc(OCc2cc(OC)c(Br)cc2OC)cc1. The van der Waals surface area contributed by atoms with Crippen molar-refractivity contribution in [2.45, 2.75) is 6.61 Å². The van der Waals surface area contributed by atoms with Crippen molar-refractivity contribution in [1.29, 1.82) is 0 Å². The number of esters is 1. The Labute approximate surface area is 143 Å². The topological polar surface area (TPSA) is 54.0 Å². The predicted molar refractivity (Wildman–Crippen MR) is 89.4 cm³/mol. The van der Waals surface area contributed by atoms with Gasteiger partial charge in [-0.3, -0.25) is 0 Å². The minimum absolute atomic E-state index is 0.310. The highest BCUT2D eigenvalue weighted by molar-refractivity contribution is 9.10. The van der Waals surface area contributed by atoms with Crippen molar-refractivity contribution in [2.75, 3.05) is 21.3 Å². The normalized spacial score (nSPS) is 10.1. The van der Waals surface area contributed by atoms with Crippen molar-refractivity contribution in [3.05, 3.63) is 52.0 Å². The number of hydrogen-bond donors (Lipinski definition) is 0. The van der Waals surface area contributed by atoms with Crippen LogP contribution in [0, 0.1) is 0 Å². The van der Waals surface area contributed by atoms with Crippen molar-refractivity contribution in [3.63, 3.8) is 0 Å². The first-order valence-electron chi connectivity index (χ1n) is 6.80. The number of carbonyl (C=O) groups is 1. The van der Waals surface area contributed by atoms with E-state index < -0.39 is 0 Å². The lowest BCUT2D eigenvalue weighted by Crippen LogP contribution is -2.02. The van der Waals surface area contributed by atoms with E-state index in [0.29, 0.717) is 29.4 Å². The van der Waals surface area contributed by atoms with E-state index in [0.717, 1.165) is 10.0 Å². The smallest absolute Gasteiger partial charge is 0.337 e. The third-order valence-electron chi connectivity index (χ3n) is 3.22. The third kappa shape index (κ3) is 4.16. The molecule has 0 fully saturated rings. The van der Waals surface area contributed by atoms with E-state index in [9.17, 15) is 4.79 Å². The minimum Gasteiger partial charge on any atom is -0.496 e. The first kappa shape index (κ1) is 17.1. The Balaban J connectivity index is 2.12. The summed E-state index contributed by atoms with van der Waals surface area (Å²) in [6, 6.07) is 10.4. The minimum atomic E-state index is -0.379. The van der Waals surface area contributed by atoms with Crippen LogP contribution >= 0.6 is 15.9 Å². The molecule has 0 saturated heterocycles. The van der Waals surface area contributed by atoms with Crippen LogP contribution in [-0.4, -0.2) is 27.3 Å². The van der Waals surface area contributed by atoms with Gasteiger partial charge in [-0.1, -0.05) is 0 Å². The van der Waals surface area contributed by atoms with Gasteiger partial charge in [0.2, 0.25) is 0 Å². The highest BCUT2D eigenvalue weighted by Crippen LogP contribution is 2.33. The Hall–Kier alpha value is -2.21. The van der Waals surface area contributed by atoms with Crippen LogP contribution in [0.25, 0.3) is 0 Å². The van der Waals surface area contributed by atoms with Crippen LogP contribution in [0.15, 0.2) is 40.9 Å². The van der Waals surface area contributed by atoms with Crippen LogP contribution in [0.1, 0.15) is 15.9 Å². The first-order valence-corrected chi connectivity index (χ1v) is 7.60. The zero-order valence-corrected chi connectivity index (χ0v) is 14.7. The molecule has 0 saturated carbocycles. The van der Waals surface area contributed by atoms with Crippen molar-refractivity contribution in [2.24, 2.45) is 0 Å². The highest BCUT2D eigenvalue weighted by Gasteiger charge is 2.11. The van der Waals surface area contributed by atoms with Crippen LogP contribution < -0.4 is 14.2 Å². The molecule has 2 aromatic carbocycles. The summed E-state index contributed by atoms with van der Waals surface area (Å²) in [5.74, 6) is 1.66. The molecule has 23 heavy (non-hydrogen) atoms. The molecule has 0 aliphatic heterocycles. The fourth-order valence-corrected chi connectivity index (χ4v) is 2.49. The highest BCUT2D eigenvalue weighted by atomic mass is 79.9. The van der Waals surface area contributed by atoms with E-state index in [4.69, 9.17) is 14.2 Å². The molecule has 2 rings (SSSR count). The Morgan fingerprint density at radius 2 is 1.65 bits per heavy atom. The van der Waals surface area contributed by atoms with E-state index in [1.807, 2.05) is 12.1 Å². The second kappa shape index (κ2) is 7.87. The monoisotopic (exact) mass is 380 g/mol. The molecule has 0 amide bonds. The summed E-state index contributed by atoms with van der Waals surface area (Å²) in [6.07, 6.45) is 0. The summed E-state index contributed by atoms with van der Waals surface area (Å²) in [4.78, 5) is 11.4. The van der Waals surface area contributed by atoms with Gasteiger partial charge in [-0.25, -0.2) is 4.79 Å². The van der Waals surface area contributed by atoms with Gasteiger partial charge in [0.05, 0.1) is 31.4 Å². The van der Waals surface area contributed by atoms with E-state index in [1.165, 1.54) is 7.11 Å². The first-order chi connectivity index (χ1) is 11.1. The van der Waals surface area contributed by atoms with Crippen LogP contribution in [-0.2, 0) is 11.3 Å². The fourth-order valence-electron chi connectivity index (χ4n) is 2.00. The standard InChI is InChI=1S/C17H17BrO5/c1-20-15-9-14(18)16(21-2)8-12(15)10-23-13-6-4-11(5-7-13)17(19)22-3/h4-9H,10H2,1-3H3. The summed E-state index contributed by atoms with van der Waals surface area (Å²) in [5, 5.41) is 0. The molecule has 5 nitrogen and oxygen atoms in total. The van der Waals surface area contributed by atoms with Gasteiger partial charge in [0.15, 0.2) is 0 Å².